The van der Waals surface area contributed by atoms with Crippen LogP contribution in [0.25, 0.3) is 0 Å². The minimum Gasteiger partial charge on any atom is -0.497 e. The van der Waals surface area contributed by atoms with Crippen LogP contribution in [0, 0.1) is 0 Å². The van der Waals surface area contributed by atoms with E-state index in [2.05, 4.69) is 46.3 Å². The van der Waals surface area contributed by atoms with Crippen LogP contribution in [0.1, 0.15) is 29.5 Å². The minimum absolute atomic E-state index is 0.129. The van der Waals surface area contributed by atoms with Gasteiger partial charge in [0, 0.05) is 29.5 Å². The van der Waals surface area contributed by atoms with Gasteiger partial charge in [-0.3, -0.25) is 9.69 Å². The van der Waals surface area contributed by atoms with Crippen molar-refractivity contribution in [2.24, 2.45) is 7.05 Å². The number of benzene rings is 1. The van der Waals surface area contributed by atoms with E-state index in [1.54, 1.807) is 18.4 Å². The summed E-state index contributed by atoms with van der Waals surface area (Å²) < 4.78 is 7.44. The zero-order valence-electron chi connectivity index (χ0n) is 17.0. The van der Waals surface area contributed by atoms with E-state index in [0.717, 1.165) is 30.8 Å². The van der Waals surface area contributed by atoms with Gasteiger partial charge in [0.2, 0.25) is 5.91 Å². The highest BCUT2D eigenvalue weighted by molar-refractivity contribution is 7.09. The number of ether oxygens (including phenoxy) is 1. The third kappa shape index (κ3) is 4.38. The lowest BCUT2D eigenvalue weighted by Gasteiger charge is -2.29. The third-order valence-electron chi connectivity index (χ3n) is 5.61. The molecule has 1 aliphatic heterocycles. The van der Waals surface area contributed by atoms with Crippen LogP contribution in [-0.4, -0.2) is 35.6 Å². The zero-order chi connectivity index (χ0) is 20.2. The fraction of sp³-hybridized carbons (Fsp3) is 0.348. The Bertz CT molecular complexity index is 933. The Kier molecular flexibility index (Phi) is 6.02. The van der Waals surface area contributed by atoms with Gasteiger partial charge >= 0.3 is 0 Å². The van der Waals surface area contributed by atoms with Crippen molar-refractivity contribution in [1.29, 1.82) is 0 Å². The molecule has 3 heterocycles. The van der Waals surface area contributed by atoms with E-state index in [1.165, 1.54) is 10.6 Å². The fourth-order valence-electron chi connectivity index (χ4n) is 4.07. The second-order valence-corrected chi connectivity index (χ2v) is 8.46. The fourth-order valence-corrected chi connectivity index (χ4v) is 4.77. The Hall–Kier alpha value is -2.57. The van der Waals surface area contributed by atoms with Gasteiger partial charge in [-0.05, 0) is 67.2 Å². The number of anilines is 1. The van der Waals surface area contributed by atoms with E-state index in [1.807, 2.05) is 35.2 Å². The molecule has 1 aromatic carbocycles. The quantitative estimate of drug-likeness (QED) is 0.578. The highest BCUT2D eigenvalue weighted by Crippen LogP contribution is 2.32. The van der Waals surface area contributed by atoms with Gasteiger partial charge < -0.3 is 14.2 Å². The molecular formula is C23H27N3O2S. The summed E-state index contributed by atoms with van der Waals surface area (Å²) in [5.74, 6) is 0.922. The predicted octanol–water partition coefficient (Wildman–Crippen LogP) is 4.47. The van der Waals surface area contributed by atoms with Crippen LogP contribution < -0.4 is 9.64 Å². The first-order chi connectivity index (χ1) is 14.2. The first-order valence-electron chi connectivity index (χ1n) is 9.98. The maximum Gasteiger partial charge on any atom is 0.241 e. The highest BCUT2D eigenvalue weighted by atomic mass is 32.1. The highest BCUT2D eigenvalue weighted by Gasteiger charge is 2.30. The molecule has 1 aliphatic rings. The number of carbonyl (C=O) groups is 1. The average molecular weight is 410 g/mol. The topological polar surface area (TPSA) is 37.7 Å². The molecule has 0 N–H and O–H groups in total. The Labute approximate surface area is 176 Å². The van der Waals surface area contributed by atoms with Crippen LogP contribution in [0.5, 0.6) is 5.75 Å². The maximum absolute atomic E-state index is 13.4. The van der Waals surface area contributed by atoms with Crippen molar-refractivity contribution < 1.29 is 9.53 Å². The molecule has 1 amide bonds. The molecule has 0 spiro atoms. The van der Waals surface area contributed by atoms with Crippen molar-refractivity contribution in [3.05, 3.63) is 70.7 Å². The SMILES string of the molecule is COc1ccc(N(Cc2cccs2)C(=O)CN2CCC[C@@H]2c2cccn2C)cc1. The molecule has 0 unspecified atom stereocenters. The summed E-state index contributed by atoms with van der Waals surface area (Å²) in [6.45, 7) is 1.97. The minimum atomic E-state index is 0.129. The lowest BCUT2D eigenvalue weighted by molar-refractivity contribution is -0.120. The van der Waals surface area contributed by atoms with E-state index in [4.69, 9.17) is 4.74 Å². The number of amides is 1. The molecule has 1 fully saturated rings. The van der Waals surface area contributed by atoms with Crippen LogP contribution in [0.2, 0.25) is 0 Å². The summed E-state index contributed by atoms with van der Waals surface area (Å²) in [5, 5.41) is 2.05. The molecule has 3 aromatic rings. The number of thiophene rings is 1. The molecule has 152 valence electrons. The Morgan fingerprint density at radius 3 is 2.69 bits per heavy atom. The van der Waals surface area contributed by atoms with Gasteiger partial charge in [0.25, 0.3) is 0 Å². The van der Waals surface area contributed by atoms with Crippen molar-refractivity contribution in [2.45, 2.75) is 25.4 Å². The molecule has 29 heavy (non-hydrogen) atoms. The standard InChI is InChI=1S/C23H27N3O2S/c1-24-13-3-7-21(24)22-8-4-14-25(22)17-23(27)26(16-20-6-5-15-29-20)18-9-11-19(28-2)12-10-18/h3,5-7,9-13,15,22H,4,8,14,16-17H2,1-2H3/t22-/m1/s1. The summed E-state index contributed by atoms with van der Waals surface area (Å²) in [7, 11) is 3.73. The summed E-state index contributed by atoms with van der Waals surface area (Å²) in [6.07, 6.45) is 4.29. The molecule has 2 aromatic heterocycles. The van der Waals surface area contributed by atoms with Crippen LogP contribution >= 0.6 is 11.3 Å². The van der Waals surface area contributed by atoms with Gasteiger partial charge in [-0.15, -0.1) is 11.3 Å². The summed E-state index contributed by atoms with van der Waals surface area (Å²) in [5.41, 5.74) is 2.18. The molecule has 1 atom stereocenters. The van der Waals surface area contributed by atoms with Gasteiger partial charge in [-0.25, -0.2) is 0 Å². The van der Waals surface area contributed by atoms with Crippen LogP contribution in [-0.2, 0) is 18.4 Å². The molecular weight excluding hydrogens is 382 g/mol. The van der Waals surface area contributed by atoms with Crippen molar-refractivity contribution in [1.82, 2.24) is 9.47 Å². The first kappa shape index (κ1) is 19.7. The van der Waals surface area contributed by atoms with E-state index in [9.17, 15) is 4.79 Å². The normalized spacial score (nSPS) is 16.8. The number of likely N-dealkylation sites (tertiary alicyclic amines) is 1. The molecule has 0 aliphatic carbocycles. The molecule has 0 radical (unpaired) electrons. The number of methoxy groups -OCH3 is 1. The zero-order valence-corrected chi connectivity index (χ0v) is 17.8. The van der Waals surface area contributed by atoms with Crippen LogP contribution in [0.15, 0.2) is 60.1 Å². The second-order valence-electron chi connectivity index (χ2n) is 7.43. The number of hydrogen-bond acceptors (Lipinski definition) is 4. The summed E-state index contributed by atoms with van der Waals surface area (Å²) >= 11 is 1.68. The lowest BCUT2D eigenvalue weighted by atomic mass is 10.1. The first-order valence-corrected chi connectivity index (χ1v) is 10.9. The van der Waals surface area contributed by atoms with Crippen molar-refractivity contribution in [3.8, 4) is 5.75 Å². The van der Waals surface area contributed by atoms with Crippen LogP contribution in [0.3, 0.4) is 0 Å². The Morgan fingerprint density at radius 1 is 1.21 bits per heavy atom. The smallest absolute Gasteiger partial charge is 0.241 e. The van der Waals surface area contributed by atoms with E-state index in [-0.39, 0.29) is 5.91 Å². The van der Waals surface area contributed by atoms with Crippen LogP contribution in [0.4, 0.5) is 5.69 Å². The number of aryl methyl sites for hydroxylation is 1. The maximum atomic E-state index is 13.4. The molecule has 5 nitrogen and oxygen atoms in total. The van der Waals surface area contributed by atoms with Crippen molar-refractivity contribution >= 4 is 22.9 Å². The number of nitrogens with zero attached hydrogens (tertiary/aromatic N) is 3. The second kappa shape index (κ2) is 8.84. The summed E-state index contributed by atoms with van der Waals surface area (Å²) in [6, 6.07) is 16.4. The Morgan fingerprint density at radius 2 is 2.03 bits per heavy atom. The monoisotopic (exact) mass is 409 g/mol. The number of aromatic nitrogens is 1. The molecule has 4 rings (SSSR count). The van der Waals surface area contributed by atoms with Gasteiger partial charge in [-0.1, -0.05) is 6.07 Å². The molecule has 0 saturated carbocycles. The van der Waals surface area contributed by atoms with Gasteiger partial charge in [-0.2, -0.15) is 0 Å². The van der Waals surface area contributed by atoms with Gasteiger partial charge in [0.05, 0.1) is 26.2 Å². The van der Waals surface area contributed by atoms with Gasteiger partial charge in [0.1, 0.15) is 5.75 Å². The number of carbonyl (C=O) groups excluding carboxylic acids is 1. The largest absolute Gasteiger partial charge is 0.497 e. The number of rotatable bonds is 7. The van der Waals surface area contributed by atoms with E-state index < -0.39 is 0 Å². The van der Waals surface area contributed by atoms with E-state index in [0.29, 0.717) is 19.1 Å². The summed E-state index contributed by atoms with van der Waals surface area (Å²) in [4.78, 5) is 18.8. The lowest BCUT2D eigenvalue weighted by Crippen LogP contribution is -2.40. The average Bonchev–Trinajstić information content (AvgIpc) is 3.48. The van der Waals surface area contributed by atoms with Crippen molar-refractivity contribution in [3.63, 3.8) is 0 Å². The Balaban J connectivity index is 1.54. The predicted molar refractivity (Wildman–Crippen MR) is 117 cm³/mol. The van der Waals surface area contributed by atoms with Gasteiger partial charge in [0.15, 0.2) is 0 Å². The molecule has 0 bridgehead atoms. The molecule has 1 saturated heterocycles. The molecule has 6 heteroatoms. The van der Waals surface area contributed by atoms with E-state index >= 15 is 0 Å². The third-order valence-corrected chi connectivity index (χ3v) is 6.47. The number of hydrogen-bond donors (Lipinski definition) is 0. The van der Waals surface area contributed by atoms with Crippen molar-refractivity contribution in [2.75, 3.05) is 25.1 Å².